The summed E-state index contributed by atoms with van der Waals surface area (Å²) in [4.78, 5) is 7.36. The third-order valence-corrected chi connectivity index (χ3v) is 6.20. The Morgan fingerprint density at radius 3 is 2.73 bits per heavy atom. The Labute approximate surface area is 128 Å². The van der Waals surface area contributed by atoms with Crippen molar-refractivity contribution in [3.63, 3.8) is 0 Å². The largest absolute Gasteiger partial charge is 0.358 e. The topological polar surface area (TPSA) is 88.8 Å². The SMILES string of the molecule is NS(=O)(=O)C1(c2cccnc2)CC1c1cc2ccccc2[nH]1. The van der Waals surface area contributed by atoms with Gasteiger partial charge < -0.3 is 4.98 Å². The zero-order valence-electron chi connectivity index (χ0n) is 11.7. The fraction of sp³-hybridized carbons (Fsp3) is 0.188. The molecule has 1 saturated carbocycles. The monoisotopic (exact) mass is 313 g/mol. The highest BCUT2D eigenvalue weighted by atomic mass is 32.2. The molecule has 1 aromatic carbocycles. The van der Waals surface area contributed by atoms with E-state index in [4.69, 9.17) is 5.14 Å². The smallest absolute Gasteiger partial charge is 0.219 e. The second-order valence-electron chi connectivity index (χ2n) is 5.74. The number of hydrogen-bond acceptors (Lipinski definition) is 3. The predicted octanol–water partition coefficient (Wildman–Crippen LogP) is 2.23. The number of nitrogens with two attached hydrogens (primary N) is 1. The second-order valence-corrected chi connectivity index (χ2v) is 7.56. The zero-order valence-corrected chi connectivity index (χ0v) is 12.5. The molecular weight excluding hydrogens is 298 g/mol. The van der Waals surface area contributed by atoms with Crippen molar-refractivity contribution in [2.45, 2.75) is 17.1 Å². The van der Waals surface area contributed by atoms with Crippen LogP contribution in [-0.2, 0) is 14.8 Å². The molecule has 2 atom stereocenters. The molecule has 2 unspecified atom stereocenters. The lowest BCUT2D eigenvalue weighted by molar-refractivity contribution is 0.578. The number of H-pyrrole nitrogens is 1. The average molecular weight is 313 g/mol. The Bertz CT molecular complexity index is 917. The maximum Gasteiger partial charge on any atom is 0.219 e. The number of nitrogens with zero attached hydrogens (tertiary/aromatic N) is 1. The first kappa shape index (κ1) is 13.5. The fourth-order valence-electron chi connectivity index (χ4n) is 3.30. The molecule has 0 saturated heterocycles. The molecule has 0 amide bonds. The standard InChI is InChI=1S/C16H15N3O2S/c17-22(20,21)16(12-5-3-7-18-10-12)9-13(16)15-8-11-4-1-2-6-14(11)19-15/h1-8,10,13,19H,9H2,(H2,17,20,21). The van der Waals surface area contributed by atoms with Crippen LogP contribution in [0, 0.1) is 0 Å². The lowest BCUT2D eigenvalue weighted by atomic mass is 10.1. The average Bonchev–Trinajstić information content (AvgIpc) is 3.14. The van der Waals surface area contributed by atoms with Crippen LogP contribution in [0.4, 0.5) is 0 Å². The van der Waals surface area contributed by atoms with Crippen molar-refractivity contribution in [3.05, 3.63) is 66.1 Å². The third kappa shape index (κ3) is 1.81. The van der Waals surface area contributed by atoms with E-state index in [0.29, 0.717) is 12.0 Å². The Morgan fingerprint density at radius 2 is 2.05 bits per heavy atom. The molecule has 112 valence electrons. The molecule has 5 nitrogen and oxygen atoms in total. The van der Waals surface area contributed by atoms with Gasteiger partial charge in [0.2, 0.25) is 10.0 Å². The van der Waals surface area contributed by atoms with E-state index in [1.165, 1.54) is 0 Å². The number of sulfonamides is 1. The summed E-state index contributed by atoms with van der Waals surface area (Å²) >= 11 is 0. The van der Waals surface area contributed by atoms with Crippen molar-refractivity contribution in [1.82, 2.24) is 9.97 Å². The first-order valence-electron chi connectivity index (χ1n) is 7.03. The molecule has 1 aliphatic carbocycles. The number of benzene rings is 1. The van der Waals surface area contributed by atoms with Crippen LogP contribution < -0.4 is 5.14 Å². The van der Waals surface area contributed by atoms with Crippen LogP contribution in [0.3, 0.4) is 0 Å². The number of hydrogen-bond donors (Lipinski definition) is 2. The molecule has 0 aliphatic heterocycles. The summed E-state index contributed by atoms with van der Waals surface area (Å²) in [5.74, 6) is -0.168. The van der Waals surface area contributed by atoms with Gasteiger partial charge in [0.25, 0.3) is 0 Å². The number of fused-ring (bicyclic) bond motifs is 1. The Kier molecular flexibility index (Phi) is 2.70. The third-order valence-electron chi connectivity index (χ3n) is 4.49. The number of aromatic amines is 1. The first-order valence-corrected chi connectivity index (χ1v) is 8.57. The van der Waals surface area contributed by atoms with E-state index in [9.17, 15) is 8.42 Å². The van der Waals surface area contributed by atoms with Crippen molar-refractivity contribution in [2.24, 2.45) is 5.14 Å². The minimum Gasteiger partial charge on any atom is -0.358 e. The van der Waals surface area contributed by atoms with Crippen LogP contribution in [0.5, 0.6) is 0 Å². The fourth-order valence-corrected chi connectivity index (χ4v) is 4.67. The second kappa shape index (κ2) is 4.41. The van der Waals surface area contributed by atoms with Gasteiger partial charge in [-0.25, -0.2) is 13.6 Å². The van der Waals surface area contributed by atoms with Gasteiger partial charge in [0.05, 0.1) is 0 Å². The molecule has 0 spiro atoms. The molecule has 2 aromatic heterocycles. The highest BCUT2D eigenvalue weighted by Crippen LogP contribution is 2.62. The number of primary sulfonamides is 1. The van der Waals surface area contributed by atoms with Gasteiger partial charge in [0.1, 0.15) is 4.75 Å². The molecule has 6 heteroatoms. The Balaban J connectivity index is 1.84. The molecule has 0 bridgehead atoms. The van der Waals surface area contributed by atoms with Gasteiger partial charge in [-0.2, -0.15) is 0 Å². The highest BCUT2D eigenvalue weighted by Gasteiger charge is 2.65. The van der Waals surface area contributed by atoms with E-state index in [1.807, 2.05) is 30.3 Å². The Hall–Kier alpha value is -2.18. The molecular formula is C16H15N3O2S. The molecule has 1 aliphatic rings. The van der Waals surface area contributed by atoms with E-state index in [0.717, 1.165) is 16.6 Å². The van der Waals surface area contributed by atoms with Gasteiger partial charge in [-0.05, 0) is 35.6 Å². The first-order chi connectivity index (χ1) is 10.5. The van der Waals surface area contributed by atoms with E-state index < -0.39 is 14.8 Å². The summed E-state index contributed by atoms with van der Waals surface area (Å²) in [6.45, 7) is 0. The normalized spacial score (nSPS) is 24.5. The Morgan fingerprint density at radius 1 is 1.23 bits per heavy atom. The number of para-hydroxylation sites is 1. The van der Waals surface area contributed by atoms with Crippen molar-refractivity contribution in [3.8, 4) is 0 Å². The van der Waals surface area contributed by atoms with Crippen LogP contribution >= 0.6 is 0 Å². The van der Waals surface area contributed by atoms with Gasteiger partial charge >= 0.3 is 0 Å². The van der Waals surface area contributed by atoms with Crippen LogP contribution in [0.15, 0.2) is 54.9 Å². The van der Waals surface area contributed by atoms with E-state index >= 15 is 0 Å². The minimum atomic E-state index is -3.74. The van der Waals surface area contributed by atoms with E-state index in [-0.39, 0.29) is 5.92 Å². The van der Waals surface area contributed by atoms with Crippen molar-refractivity contribution >= 4 is 20.9 Å². The summed E-state index contributed by atoms with van der Waals surface area (Å²) < 4.78 is 23.4. The van der Waals surface area contributed by atoms with Gasteiger partial charge in [-0.3, -0.25) is 4.98 Å². The molecule has 0 radical (unpaired) electrons. The number of pyridine rings is 1. The molecule has 22 heavy (non-hydrogen) atoms. The van der Waals surface area contributed by atoms with Crippen molar-refractivity contribution < 1.29 is 8.42 Å². The maximum atomic E-state index is 12.3. The van der Waals surface area contributed by atoms with Crippen LogP contribution in [0.25, 0.3) is 10.9 Å². The highest BCUT2D eigenvalue weighted by molar-refractivity contribution is 7.90. The van der Waals surface area contributed by atoms with Crippen LogP contribution in [-0.4, -0.2) is 18.4 Å². The summed E-state index contributed by atoms with van der Waals surface area (Å²) in [6, 6.07) is 13.4. The molecule has 2 heterocycles. The van der Waals surface area contributed by atoms with Crippen LogP contribution in [0.2, 0.25) is 0 Å². The predicted molar refractivity (Wildman–Crippen MR) is 84.7 cm³/mol. The van der Waals surface area contributed by atoms with Crippen molar-refractivity contribution in [2.75, 3.05) is 0 Å². The summed E-state index contributed by atoms with van der Waals surface area (Å²) in [5, 5.41) is 6.63. The van der Waals surface area contributed by atoms with Gasteiger partial charge in [-0.1, -0.05) is 24.3 Å². The number of aromatic nitrogens is 2. The summed E-state index contributed by atoms with van der Waals surface area (Å²) in [7, 11) is -3.74. The molecule has 3 aromatic rings. The van der Waals surface area contributed by atoms with Gasteiger partial charge in [0, 0.05) is 29.5 Å². The summed E-state index contributed by atoms with van der Waals surface area (Å²) in [5.41, 5.74) is 2.55. The minimum absolute atomic E-state index is 0.168. The van der Waals surface area contributed by atoms with E-state index in [2.05, 4.69) is 9.97 Å². The van der Waals surface area contributed by atoms with Crippen molar-refractivity contribution in [1.29, 1.82) is 0 Å². The van der Waals surface area contributed by atoms with Crippen LogP contribution in [0.1, 0.15) is 23.6 Å². The van der Waals surface area contributed by atoms with Gasteiger partial charge in [-0.15, -0.1) is 0 Å². The number of nitrogens with one attached hydrogen (secondary N) is 1. The number of rotatable bonds is 3. The molecule has 3 N–H and O–H groups in total. The lowest BCUT2D eigenvalue weighted by Crippen LogP contribution is -2.30. The zero-order chi connectivity index (χ0) is 15.4. The lowest BCUT2D eigenvalue weighted by Gasteiger charge is -2.14. The van der Waals surface area contributed by atoms with E-state index in [1.54, 1.807) is 24.5 Å². The quantitative estimate of drug-likeness (QED) is 0.777. The van der Waals surface area contributed by atoms with Gasteiger partial charge in [0.15, 0.2) is 0 Å². The molecule has 1 fully saturated rings. The molecule has 4 rings (SSSR count). The summed E-state index contributed by atoms with van der Waals surface area (Å²) in [6.07, 6.45) is 3.69. The maximum absolute atomic E-state index is 12.3.